The Labute approximate surface area is 204 Å². The number of thiophene rings is 1. The van der Waals surface area contributed by atoms with Gasteiger partial charge in [-0.2, -0.15) is 0 Å². The molecule has 0 spiro atoms. The molecule has 0 unspecified atom stereocenters. The van der Waals surface area contributed by atoms with Gasteiger partial charge in [0.05, 0.1) is 0 Å². The summed E-state index contributed by atoms with van der Waals surface area (Å²) in [5, 5.41) is 8.31. The van der Waals surface area contributed by atoms with Crippen LogP contribution in [-0.2, 0) is 7.05 Å². The number of aromatic nitrogens is 1. The average Bonchev–Trinajstić information content (AvgIpc) is 3.53. The Kier molecular flexibility index (Phi) is 3.68. The Morgan fingerprint density at radius 1 is 0.657 bits per heavy atom. The Morgan fingerprint density at radius 2 is 1.46 bits per heavy atom. The normalized spacial score (nSPS) is 12.3. The molecule has 0 bridgehead atoms. The van der Waals surface area contributed by atoms with Gasteiger partial charge in [0.2, 0.25) is 5.58 Å². The van der Waals surface area contributed by atoms with Crippen molar-refractivity contribution in [2.75, 3.05) is 0 Å². The first kappa shape index (κ1) is 19.2. The predicted octanol–water partition coefficient (Wildman–Crippen LogP) is 8.65. The summed E-state index contributed by atoms with van der Waals surface area (Å²) >= 11 is 1.76. The van der Waals surface area contributed by atoms with Gasteiger partial charge in [-0.1, -0.05) is 72.0 Å². The fourth-order valence-electron chi connectivity index (χ4n) is 5.51. The van der Waals surface area contributed by atoms with Gasteiger partial charge >= 0.3 is 10.7 Å². The topological polar surface area (TPSA) is 30.2 Å². The first-order chi connectivity index (χ1) is 17.2. The van der Waals surface area contributed by atoms with Crippen molar-refractivity contribution in [2.24, 2.45) is 7.05 Å². The standard InChI is InChI=1S/C31H20NO2S/c1-17-11-14-21-24-15-19-13-12-18-7-3-4-8-20(18)23(19)16-25(24)33-28(21)27(17)30-32(2)31-29(34-30)22-9-5-6-10-26(22)35-31/h3-16H,1-2H3/q+1. The van der Waals surface area contributed by atoms with Crippen LogP contribution in [0, 0.1) is 6.92 Å². The van der Waals surface area contributed by atoms with Crippen molar-refractivity contribution in [3.8, 4) is 11.5 Å². The van der Waals surface area contributed by atoms with Gasteiger partial charge in [-0.15, -0.1) is 4.57 Å². The Hall–Kier alpha value is -4.15. The molecule has 0 aliphatic carbocycles. The number of benzene rings is 5. The van der Waals surface area contributed by atoms with Crippen molar-refractivity contribution in [1.29, 1.82) is 0 Å². The van der Waals surface area contributed by atoms with Crippen LogP contribution in [0.15, 0.2) is 93.8 Å². The first-order valence-electron chi connectivity index (χ1n) is 11.7. The zero-order valence-corrected chi connectivity index (χ0v) is 20.1. The van der Waals surface area contributed by atoms with Crippen molar-refractivity contribution in [1.82, 2.24) is 0 Å². The summed E-state index contributed by atoms with van der Waals surface area (Å²) < 4.78 is 16.6. The lowest BCUT2D eigenvalue weighted by Gasteiger charge is -2.03. The lowest BCUT2D eigenvalue weighted by molar-refractivity contribution is -0.635. The van der Waals surface area contributed by atoms with E-state index in [1.165, 1.54) is 26.2 Å². The molecule has 3 heterocycles. The van der Waals surface area contributed by atoms with Crippen LogP contribution in [0.5, 0.6) is 0 Å². The number of aryl methyl sites for hydroxylation is 2. The summed E-state index contributed by atoms with van der Waals surface area (Å²) in [7, 11) is 2.08. The molecular formula is C31H20NO2S+. The van der Waals surface area contributed by atoms with Gasteiger partial charge in [0, 0.05) is 20.9 Å². The number of fused-ring (bicyclic) bond motifs is 9. The lowest BCUT2D eigenvalue weighted by atomic mass is 9.99. The molecule has 3 nitrogen and oxygen atoms in total. The Morgan fingerprint density at radius 3 is 2.37 bits per heavy atom. The largest absolute Gasteiger partial charge is 0.455 e. The molecule has 0 aliphatic rings. The number of furan rings is 1. The minimum Gasteiger partial charge on any atom is -0.455 e. The van der Waals surface area contributed by atoms with E-state index < -0.39 is 0 Å². The summed E-state index contributed by atoms with van der Waals surface area (Å²) in [6.45, 7) is 2.13. The molecule has 0 amide bonds. The van der Waals surface area contributed by atoms with Gasteiger partial charge in [0.15, 0.2) is 5.58 Å². The van der Waals surface area contributed by atoms with Gasteiger partial charge in [-0.05, 0) is 58.3 Å². The van der Waals surface area contributed by atoms with E-state index in [1.54, 1.807) is 11.3 Å². The molecule has 3 aromatic heterocycles. The molecule has 0 saturated heterocycles. The van der Waals surface area contributed by atoms with Crippen LogP contribution in [0.2, 0.25) is 0 Å². The molecule has 8 rings (SSSR count). The highest BCUT2D eigenvalue weighted by molar-refractivity contribution is 7.25. The average molecular weight is 471 g/mol. The second-order valence-electron chi connectivity index (χ2n) is 9.29. The number of nitrogens with zero attached hydrogens (tertiary/aromatic N) is 1. The van der Waals surface area contributed by atoms with Crippen LogP contribution in [0.3, 0.4) is 0 Å². The van der Waals surface area contributed by atoms with Gasteiger partial charge < -0.3 is 8.83 Å². The molecule has 0 saturated carbocycles. The fourth-order valence-corrected chi connectivity index (χ4v) is 6.60. The van der Waals surface area contributed by atoms with Crippen LogP contribution in [-0.4, -0.2) is 0 Å². The zero-order chi connectivity index (χ0) is 23.3. The van der Waals surface area contributed by atoms with E-state index in [4.69, 9.17) is 8.83 Å². The van der Waals surface area contributed by atoms with Crippen LogP contribution in [0.4, 0.5) is 0 Å². The fraction of sp³-hybridized carbons (Fsp3) is 0.0645. The maximum atomic E-state index is 6.62. The highest BCUT2D eigenvalue weighted by Crippen LogP contribution is 2.42. The summed E-state index contributed by atoms with van der Waals surface area (Å²) in [6.07, 6.45) is 0. The van der Waals surface area contributed by atoms with Crippen LogP contribution in [0.1, 0.15) is 5.56 Å². The van der Waals surface area contributed by atoms with Crippen LogP contribution >= 0.6 is 11.3 Å². The lowest BCUT2D eigenvalue weighted by Crippen LogP contribution is -2.28. The second-order valence-corrected chi connectivity index (χ2v) is 10.3. The van der Waals surface area contributed by atoms with Gasteiger partial charge in [-0.25, -0.2) is 0 Å². The summed E-state index contributed by atoms with van der Waals surface area (Å²) in [4.78, 5) is 1.13. The molecule has 0 radical (unpaired) electrons. The van der Waals surface area contributed by atoms with E-state index in [0.29, 0.717) is 0 Å². The third-order valence-electron chi connectivity index (χ3n) is 7.27. The van der Waals surface area contributed by atoms with Gasteiger partial charge in [0.25, 0.3) is 0 Å². The third kappa shape index (κ3) is 2.52. The van der Waals surface area contributed by atoms with Gasteiger partial charge in [0.1, 0.15) is 18.2 Å². The zero-order valence-electron chi connectivity index (χ0n) is 19.3. The minimum atomic E-state index is 0.828. The van der Waals surface area contributed by atoms with E-state index in [1.807, 2.05) is 0 Å². The minimum absolute atomic E-state index is 0.828. The molecule has 5 aromatic carbocycles. The van der Waals surface area contributed by atoms with Crippen molar-refractivity contribution in [2.45, 2.75) is 6.92 Å². The molecule has 35 heavy (non-hydrogen) atoms. The second kappa shape index (κ2) is 6.71. The van der Waals surface area contributed by atoms with E-state index in [9.17, 15) is 0 Å². The third-order valence-corrected chi connectivity index (χ3v) is 8.50. The van der Waals surface area contributed by atoms with Gasteiger partial charge in [-0.3, -0.25) is 0 Å². The highest BCUT2D eigenvalue weighted by atomic mass is 32.1. The molecule has 8 aromatic rings. The van der Waals surface area contributed by atoms with E-state index in [2.05, 4.69) is 103 Å². The van der Waals surface area contributed by atoms with Crippen molar-refractivity contribution in [3.63, 3.8) is 0 Å². The van der Waals surface area contributed by atoms with Crippen LogP contribution < -0.4 is 4.57 Å². The van der Waals surface area contributed by atoms with E-state index in [0.717, 1.165) is 54.8 Å². The molecule has 0 fully saturated rings. The van der Waals surface area contributed by atoms with Crippen molar-refractivity contribution in [3.05, 3.63) is 90.5 Å². The summed E-state index contributed by atoms with van der Waals surface area (Å²) in [5.74, 6) is 0.828. The van der Waals surface area contributed by atoms with Crippen LogP contribution in [0.25, 0.3) is 75.4 Å². The Balaban J connectivity index is 1.46. The number of oxazole rings is 1. The highest BCUT2D eigenvalue weighted by Gasteiger charge is 2.29. The maximum Gasteiger partial charge on any atom is 0.386 e. The predicted molar refractivity (Wildman–Crippen MR) is 145 cm³/mol. The quantitative estimate of drug-likeness (QED) is 0.177. The smallest absolute Gasteiger partial charge is 0.386 e. The number of hydrogen-bond acceptors (Lipinski definition) is 3. The molecule has 4 heteroatoms. The van der Waals surface area contributed by atoms with E-state index >= 15 is 0 Å². The number of rotatable bonds is 1. The molecule has 166 valence electrons. The molecule has 0 atom stereocenters. The number of hydrogen-bond donors (Lipinski definition) is 0. The molecule has 0 N–H and O–H groups in total. The Bertz CT molecular complexity index is 2140. The monoisotopic (exact) mass is 470 g/mol. The molecule has 0 aliphatic heterocycles. The summed E-state index contributed by atoms with van der Waals surface area (Å²) in [5.41, 5.74) is 4.86. The maximum absolute atomic E-state index is 6.62. The van der Waals surface area contributed by atoms with Crippen molar-refractivity contribution < 1.29 is 13.4 Å². The van der Waals surface area contributed by atoms with E-state index in [-0.39, 0.29) is 0 Å². The SMILES string of the molecule is Cc1ccc2c(oc3cc4c(ccc5ccccc54)cc32)c1-c1oc2c3ccccc3sc2[n+]1C. The summed E-state index contributed by atoms with van der Waals surface area (Å²) in [6, 6.07) is 30.1. The van der Waals surface area contributed by atoms with Crippen molar-refractivity contribution >= 4 is 75.3 Å². The molecular weight excluding hydrogens is 450 g/mol. The first-order valence-corrected chi connectivity index (χ1v) is 12.6.